The van der Waals surface area contributed by atoms with Gasteiger partial charge < -0.3 is 5.32 Å². The molecule has 0 fully saturated rings. The molecule has 0 unspecified atom stereocenters. The summed E-state index contributed by atoms with van der Waals surface area (Å²) in [5.74, 6) is 0. The first-order valence-electron chi connectivity index (χ1n) is 5.05. The molecule has 0 aliphatic carbocycles. The first-order valence-corrected chi connectivity index (χ1v) is 8.09. The quantitative estimate of drug-likeness (QED) is 0.563. The van der Waals surface area contributed by atoms with Crippen LogP contribution >= 0.6 is 66.1 Å². The molecule has 1 aromatic carbocycles. The normalized spacial score (nSPS) is 10.4. The molecule has 94 valence electrons. The van der Waals surface area contributed by atoms with Gasteiger partial charge >= 0.3 is 0 Å². The van der Waals surface area contributed by atoms with E-state index < -0.39 is 0 Å². The summed E-state index contributed by atoms with van der Waals surface area (Å²) in [7, 11) is 0. The average Bonchev–Trinajstić information content (AvgIpc) is 2.30. The van der Waals surface area contributed by atoms with Gasteiger partial charge in [-0.1, -0.05) is 11.6 Å². The van der Waals surface area contributed by atoms with E-state index in [-0.39, 0.29) is 0 Å². The number of pyridine rings is 1. The van der Waals surface area contributed by atoms with E-state index in [1.165, 1.54) is 0 Å². The number of benzene rings is 1. The number of halogens is 4. The van der Waals surface area contributed by atoms with Crippen LogP contribution in [0.1, 0.15) is 5.69 Å². The largest absolute Gasteiger partial charge is 0.378 e. The van der Waals surface area contributed by atoms with Crippen molar-refractivity contribution in [2.24, 2.45) is 0 Å². The first kappa shape index (κ1) is 14.6. The Kier molecular flexibility index (Phi) is 5.29. The van der Waals surface area contributed by atoms with Gasteiger partial charge in [0, 0.05) is 18.7 Å². The van der Waals surface area contributed by atoms with Gasteiger partial charge in [-0.05, 0) is 78.7 Å². The molecule has 0 radical (unpaired) electrons. The summed E-state index contributed by atoms with van der Waals surface area (Å²) in [5, 5.41) is 3.99. The molecule has 2 rings (SSSR count). The third-order valence-electron chi connectivity index (χ3n) is 2.26. The molecule has 0 atom stereocenters. The smallest absolute Gasteiger partial charge is 0.0737 e. The van der Waals surface area contributed by atoms with Crippen LogP contribution in [0.15, 0.2) is 39.4 Å². The van der Waals surface area contributed by atoms with Gasteiger partial charge in [-0.25, -0.2) is 0 Å². The zero-order valence-electron chi connectivity index (χ0n) is 9.05. The monoisotopic (exact) mass is 500 g/mol. The van der Waals surface area contributed by atoms with Crippen molar-refractivity contribution in [2.45, 2.75) is 6.54 Å². The minimum Gasteiger partial charge on any atom is -0.378 e. The summed E-state index contributed by atoms with van der Waals surface area (Å²) in [5.41, 5.74) is 1.85. The van der Waals surface area contributed by atoms with Crippen molar-refractivity contribution in [1.29, 1.82) is 0 Å². The van der Waals surface area contributed by atoms with Crippen molar-refractivity contribution in [3.8, 4) is 0 Å². The number of hydrogen-bond acceptors (Lipinski definition) is 2. The summed E-state index contributed by atoms with van der Waals surface area (Å²) in [6.45, 7) is 0.619. The van der Waals surface area contributed by atoms with Gasteiger partial charge in [0.2, 0.25) is 0 Å². The van der Waals surface area contributed by atoms with E-state index in [0.29, 0.717) is 6.54 Å². The van der Waals surface area contributed by atoms with E-state index in [0.717, 1.165) is 28.9 Å². The van der Waals surface area contributed by atoms with Crippen LogP contribution in [0, 0.1) is 3.57 Å². The van der Waals surface area contributed by atoms with Gasteiger partial charge in [-0.2, -0.15) is 0 Å². The standard InChI is InChI=1S/C12H8Br2ClIN2/c13-7-3-9(14)12(17-5-7)6-18-11-2-1-8(16)4-10(11)15/h1-5,18H,6H2. The molecular weight excluding hydrogens is 494 g/mol. The second kappa shape index (κ2) is 6.54. The molecule has 0 saturated carbocycles. The highest BCUT2D eigenvalue weighted by Crippen LogP contribution is 2.25. The van der Waals surface area contributed by atoms with Crippen molar-refractivity contribution in [3.05, 3.63) is 53.7 Å². The van der Waals surface area contributed by atoms with E-state index in [9.17, 15) is 0 Å². The fraction of sp³-hybridized carbons (Fsp3) is 0.0833. The van der Waals surface area contributed by atoms with Gasteiger partial charge in [0.25, 0.3) is 0 Å². The van der Waals surface area contributed by atoms with Crippen LogP contribution in [0.5, 0.6) is 0 Å². The van der Waals surface area contributed by atoms with E-state index in [2.05, 4.69) is 64.8 Å². The van der Waals surface area contributed by atoms with Crippen LogP contribution in [0.2, 0.25) is 5.02 Å². The van der Waals surface area contributed by atoms with Crippen LogP contribution in [0.3, 0.4) is 0 Å². The molecule has 2 aromatic rings. The third-order valence-corrected chi connectivity index (χ3v) is 4.37. The Morgan fingerprint density at radius 1 is 1.28 bits per heavy atom. The van der Waals surface area contributed by atoms with E-state index in [1.807, 2.05) is 24.3 Å². The number of rotatable bonds is 3. The average molecular weight is 502 g/mol. The molecule has 0 aliphatic rings. The number of anilines is 1. The topological polar surface area (TPSA) is 24.9 Å². The molecule has 1 N–H and O–H groups in total. The second-order valence-electron chi connectivity index (χ2n) is 3.56. The lowest BCUT2D eigenvalue weighted by atomic mass is 10.3. The van der Waals surface area contributed by atoms with Crippen molar-refractivity contribution in [1.82, 2.24) is 4.98 Å². The van der Waals surface area contributed by atoms with Crippen LogP contribution < -0.4 is 5.32 Å². The number of aromatic nitrogens is 1. The lowest BCUT2D eigenvalue weighted by Gasteiger charge is -2.09. The van der Waals surface area contributed by atoms with Crippen molar-refractivity contribution >= 4 is 71.7 Å². The summed E-state index contributed by atoms with van der Waals surface area (Å²) >= 11 is 15.2. The highest BCUT2D eigenvalue weighted by molar-refractivity contribution is 14.1. The highest BCUT2D eigenvalue weighted by Gasteiger charge is 2.04. The molecule has 2 nitrogen and oxygen atoms in total. The maximum Gasteiger partial charge on any atom is 0.0737 e. The minimum atomic E-state index is 0.619. The predicted molar refractivity (Wildman–Crippen MR) is 91.1 cm³/mol. The Morgan fingerprint density at radius 3 is 2.72 bits per heavy atom. The van der Waals surface area contributed by atoms with Gasteiger partial charge in [-0.3, -0.25) is 4.98 Å². The van der Waals surface area contributed by atoms with Crippen molar-refractivity contribution in [3.63, 3.8) is 0 Å². The van der Waals surface area contributed by atoms with Crippen molar-refractivity contribution in [2.75, 3.05) is 5.32 Å². The molecule has 0 saturated heterocycles. The van der Waals surface area contributed by atoms with Gasteiger partial charge in [0.05, 0.1) is 22.9 Å². The predicted octanol–water partition coefficient (Wildman–Crippen LogP) is 5.48. The maximum absolute atomic E-state index is 6.15. The first-order chi connectivity index (χ1) is 8.56. The Bertz CT molecular complexity index is 526. The number of hydrogen-bond donors (Lipinski definition) is 1. The second-order valence-corrected chi connectivity index (χ2v) is 6.98. The van der Waals surface area contributed by atoms with Crippen LogP contribution in [-0.2, 0) is 6.54 Å². The lowest BCUT2D eigenvalue weighted by Crippen LogP contribution is -2.03. The molecule has 18 heavy (non-hydrogen) atoms. The van der Waals surface area contributed by atoms with E-state index >= 15 is 0 Å². The Balaban J connectivity index is 2.11. The van der Waals surface area contributed by atoms with E-state index in [1.54, 1.807) is 6.20 Å². The fourth-order valence-electron chi connectivity index (χ4n) is 1.38. The zero-order valence-corrected chi connectivity index (χ0v) is 15.1. The molecule has 0 aliphatic heterocycles. The van der Waals surface area contributed by atoms with Crippen LogP contribution in [-0.4, -0.2) is 4.98 Å². The molecule has 1 aromatic heterocycles. The summed E-state index contributed by atoms with van der Waals surface area (Å²) in [6, 6.07) is 7.88. The third kappa shape index (κ3) is 3.82. The molecule has 0 bridgehead atoms. The van der Waals surface area contributed by atoms with Crippen LogP contribution in [0.4, 0.5) is 5.69 Å². The molecule has 0 amide bonds. The van der Waals surface area contributed by atoms with Crippen molar-refractivity contribution < 1.29 is 0 Å². The zero-order chi connectivity index (χ0) is 13.1. The lowest BCUT2D eigenvalue weighted by molar-refractivity contribution is 1.03. The number of nitrogens with one attached hydrogen (secondary N) is 1. The summed E-state index contributed by atoms with van der Waals surface area (Å²) < 4.78 is 3.03. The van der Waals surface area contributed by atoms with Crippen LogP contribution in [0.25, 0.3) is 0 Å². The SMILES string of the molecule is Clc1cc(I)ccc1NCc1ncc(Br)cc1Br. The Labute approximate surface area is 141 Å². The van der Waals surface area contributed by atoms with Gasteiger partial charge in [0.15, 0.2) is 0 Å². The molecule has 6 heteroatoms. The fourth-order valence-corrected chi connectivity index (χ4v) is 3.44. The molecular formula is C12H8Br2ClIN2. The maximum atomic E-state index is 6.15. The Morgan fingerprint density at radius 2 is 2.06 bits per heavy atom. The van der Waals surface area contributed by atoms with E-state index in [4.69, 9.17) is 11.6 Å². The highest BCUT2D eigenvalue weighted by atomic mass is 127. The molecule has 0 spiro atoms. The summed E-state index contributed by atoms with van der Waals surface area (Å²) in [4.78, 5) is 4.34. The molecule has 1 heterocycles. The summed E-state index contributed by atoms with van der Waals surface area (Å²) in [6.07, 6.45) is 1.78. The Hall–Kier alpha value is 0.150. The minimum absolute atomic E-state index is 0.619. The van der Waals surface area contributed by atoms with Gasteiger partial charge in [-0.15, -0.1) is 0 Å². The number of nitrogens with zero attached hydrogens (tertiary/aromatic N) is 1. The van der Waals surface area contributed by atoms with Gasteiger partial charge in [0.1, 0.15) is 0 Å².